The highest BCUT2D eigenvalue weighted by Gasteiger charge is 2.16. The highest BCUT2D eigenvalue weighted by atomic mass is 19.1. The van der Waals surface area contributed by atoms with Crippen LogP contribution in [0.15, 0.2) is 48.5 Å². The molecule has 2 nitrogen and oxygen atoms in total. The van der Waals surface area contributed by atoms with Gasteiger partial charge in [-0.15, -0.1) is 0 Å². The summed E-state index contributed by atoms with van der Waals surface area (Å²) in [4.78, 5) is 6.02. The van der Waals surface area contributed by atoms with Crippen molar-refractivity contribution in [2.75, 3.05) is 19.6 Å². The van der Waals surface area contributed by atoms with Gasteiger partial charge in [-0.1, -0.05) is 30.3 Å². The lowest BCUT2D eigenvalue weighted by atomic mass is 10.0. The zero-order valence-corrected chi connectivity index (χ0v) is 13.2. The van der Waals surface area contributed by atoms with Crippen LogP contribution in [0.4, 0.5) is 4.39 Å². The topological polar surface area (TPSA) is 19.0 Å². The summed E-state index contributed by atoms with van der Waals surface area (Å²) in [6, 6.07) is 15.2. The molecule has 2 heterocycles. The number of benzene rings is 2. The number of H-pyrrole nitrogens is 1. The summed E-state index contributed by atoms with van der Waals surface area (Å²) in [7, 11) is 0. The van der Waals surface area contributed by atoms with Crippen molar-refractivity contribution in [3.05, 3.63) is 59.9 Å². The number of aromatic nitrogens is 1. The molecule has 0 spiro atoms. The number of fused-ring (bicyclic) bond motifs is 1. The van der Waals surface area contributed by atoms with Crippen LogP contribution in [0.1, 0.15) is 18.4 Å². The molecule has 23 heavy (non-hydrogen) atoms. The molecule has 0 aliphatic carbocycles. The molecular weight excluding hydrogens is 287 g/mol. The van der Waals surface area contributed by atoms with E-state index >= 15 is 0 Å². The zero-order chi connectivity index (χ0) is 15.6. The number of aromatic amines is 1. The molecule has 0 amide bonds. The molecule has 0 unspecified atom stereocenters. The summed E-state index contributed by atoms with van der Waals surface area (Å²) in [5, 5.41) is 1.26. The Bertz CT molecular complexity index is 815. The van der Waals surface area contributed by atoms with Crippen LogP contribution in [0.5, 0.6) is 0 Å². The minimum atomic E-state index is -0.188. The molecule has 1 saturated heterocycles. The van der Waals surface area contributed by atoms with Gasteiger partial charge in [-0.3, -0.25) is 0 Å². The third kappa shape index (κ3) is 2.89. The average Bonchev–Trinajstić information content (AvgIpc) is 3.20. The molecule has 1 aliphatic heterocycles. The molecule has 3 aromatic rings. The summed E-state index contributed by atoms with van der Waals surface area (Å²) in [6.07, 6.45) is 3.62. The van der Waals surface area contributed by atoms with Crippen molar-refractivity contribution in [3.8, 4) is 11.3 Å². The Kier molecular flexibility index (Phi) is 3.88. The van der Waals surface area contributed by atoms with Gasteiger partial charge in [-0.2, -0.15) is 0 Å². The van der Waals surface area contributed by atoms with Crippen LogP contribution in [-0.2, 0) is 6.42 Å². The predicted molar refractivity (Wildman–Crippen MR) is 93.1 cm³/mol. The van der Waals surface area contributed by atoms with Crippen molar-refractivity contribution in [1.29, 1.82) is 0 Å². The van der Waals surface area contributed by atoms with Crippen LogP contribution >= 0.6 is 0 Å². The van der Waals surface area contributed by atoms with Crippen molar-refractivity contribution in [2.24, 2.45) is 0 Å². The molecule has 0 saturated carbocycles. The molecule has 3 heteroatoms. The third-order valence-corrected chi connectivity index (χ3v) is 4.80. The number of hydrogen-bond donors (Lipinski definition) is 1. The average molecular weight is 308 g/mol. The van der Waals surface area contributed by atoms with E-state index in [4.69, 9.17) is 0 Å². The molecule has 4 rings (SSSR count). The van der Waals surface area contributed by atoms with E-state index in [1.54, 1.807) is 12.1 Å². The van der Waals surface area contributed by atoms with E-state index in [1.807, 2.05) is 12.1 Å². The van der Waals surface area contributed by atoms with Gasteiger partial charge in [0.1, 0.15) is 5.82 Å². The normalized spacial score (nSPS) is 15.5. The summed E-state index contributed by atoms with van der Waals surface area (Å²) in [5.74, 6) is -0.188. The molecule has 0 bridgehead atoms. The van der Waals surface area contributed by atoms with Crippen molar-refractivity contribution in [3.63, 3.8) is 0 Å². The maximum Gasteiger partial charge on any atom is 0.123 e. The van der Waals surface area contributed by atoms with Crippen LogP contribution in [0.25, 0.3) is 22.2 Å². The zero-order valence-electron chi connectivity index (χ0n) is 13.2. The minimum Gasteiger partial charge on any atom is -0.354 e. The van der Waals surface area contributed by atoms with Gasteiger partial charge in [0, 0.05) is 28.7 Å². The Labute approximate surface area is 135 Å². The van der Waals surface area contributed by atoms with E-state index in [-0.39, 0.29) is 5.82 Å². The Morgan fingerprint density at radius 2 is 1.83 bits per heavy atom. The third-order valence-electron chi connectivity index (χ3n) is 4.80. The number of nitrogens with one attached hydrogen (secondary N) is 1. The second-order valence-corrected chi connectivity index (χ2v) is 6.33. The fraction of sp³-hybridized carbons (Fsp3) is 0.300. The van der Waals surface area contributed by atoms with E-state index in [1.165, 1.54) is 42.9 Å². The number of likely N-dealkylation sites (tertiary alicyclic amines) is 1. The molecule has 1 N–H and O–H groups in total. The predicted octanol–water partition coefficient (Wildman–Crippen LogP) is 4.61. The maximum absolute atomic E-state index is 13.6. The van der Waals surface area contributed by atoms with Gasteiger partial charge in [-0.05, 0) is 56.1 Å². The minimum absolute atomic E-state index is 0.188. The van der Waals surface area contributed by atoms with Gasteiger partial charge in [0.2, 0.25) is 0 Å². The molecule has 1 aliphatic rings. The first-order valence-corrected chi connectivity index (χ1v) is 8.39. The lowest BCUT2D eigenvalue weighted by molar-refractivity contribution is 0.344. The molecular formula is C20H21FN2. The summed E-state index contributed by atoms with van der Waals surface area (Å²) in [5.41, 5.74) is 4.42. The van der Waals surface area contributed by atoms with Crippen LogP contribution in [-0.4, -0.2) is 29.5 Å². The van der Waals surface area contributed by atoms with Crippen LogP contribution in [0, 0.1) is 5.82 Å². The first kappa shape index (κ1) is 14.5. The van der Waals surface area contributed by atoms with Crippen LogP contribution in [0.2, 0.25) is 0 Å². The van der Waals surface area contributed by atoms with Gasteiger partial charge < -0.3 is 9.88 Å². The van der Waals surface area contributed by atoms with Gasteiger partial charge in [-0.25, -0.2) is 4.39 Å². The van der Waals surface area contributed by atoms with Crippen LogP contribution in [0.3, 0.4) is 0 Å². The van der Waals surface area contributed by atoms with Crippen molar-refractivity contribution in [1.82, 2.24) is 9.88 Å². The van der Waals surface area contributed by atoms with E-state index in [9.17, 15) is 4.39 Å². The fourth-order valence-electron chi connectivity index (χ4n) is 3.63. The van der Waals surface area contributed by atoms with Gasteiger partial charge in [0.05, 0.1) is 0 Å². The summed E-state index contributed by atoms with van der Waals surface area (Å²) in [6.45, 7) is 3.49. The second kappa shape index (κ2) is 6.17. The number of hydrogen-bond acceptors (Lipinski definition) is 1. The van der Waals surface area contributed by atoms with Gasteiger partial charge in [0.15, 0.2) is 0 Å². The second-order valence-electron chi connectivity index (χ2n) is 6.33. The van der Waals surface area contributed by atoms with E-state index < -0.39 is 0 Å². The van der Waals surface area contributed by atoms with E-state index in [0.29, 0.717) is 0 Å². The quantitative estimate of drug-likeness (QED) is 0.745. The molecule has 118 valence electrons. The molecule has 2 aromatic carbocycles. The van der Waals surface area contributed by atoms with Gasteiger partial charge >= 0.3 is 0 Å². The highest BCUT2D eigenvalue weighted by molar-refractivity contribution is 5.90. The molecule has 1 fully saturated rings. The first-order valence-electron chi connectivity index (χ1n) is 8.39. The van der Waals surface area contributed by atoms with Crippen molar-refractivity contribution >= 4 is 10.9 Å². The SMILES string of the molecule is Fc1cccc(-c2[nH]c3ccccc3c2CCN2CCCC2)c1. The Balaban J connectivity index is 1.74. The maximum atomic E-state index is 13.6. The van der Waals surface area contributed by atoms with E-state index in [0.717, 1.165) is 29.7 Å². The van der Waals surface area contributed by atoms with Crippen molar-refractivity contribution in [2.45, 2.75) is 19.3 Å². The summed E-state index contributed by atoms with van der Waals surface area (Å²) >= 11 is 0. The largest absolute Gasteiger partial charge is 0.354 e. The van der Waals surface area contributed by atoms with Crippen LogP contribution < -0.4 is 0 Å². The number of halogens is 1. The number of para-hydroxylation sites is 1. The Morgan fingerprint density at radius 3 is 2.65 bits per heavy atom. The van der Waals surface area contributed by atoms with E-state index in [2.05, 4.69) is 28.1 Å². The Morgan fingerprint density at radius 1 is 1.00 bits per heavy atom. The van der Waals surface area contributed by atoms with Crippen molar-refractivity contribution < 1.29 is 4.39 Å². The summed E-state index contributed by atoms with van der Waals surface area (Å²) < 4.78 is 13.6. The highest BCUT2D eigenvalue weighted by Crippen LogP contribution is 2.31. The lowest BCUT2D eigenvalue weighted by Crippen LogP contribution is -2.22. The lowest BCUT2D eigenvalue weighted by Gasteiger charge is -2.15. The molecule has 0 atom stereocenters. The smallest absolute Gasteiger partial charge is 0.123 e. The fourth-order valence-corrected chi connectivity index (χ4v) is 3.63. The Hall–Kier alpha value is -2.13. The standard InChI is InChI=1S/C20H21FN2/c21-16-7-5-6-15(14-16)20-18(10-13-23-11-3-4-12-23)17-8-1-2-9-19(17)22-20/h1-2,5-9,14,22H,3-4,10-13H2. The number of nitrogens with zero attached hydrogens (tertiary/aromatic N) is 1. The van der Waals surface area contributed by atoms with Gasteiger partial charge in [0.25, 0.3) is 0 Å². The molecule has 0 radical (unpaired) electrons. The monoisotopic (exact) mass is 308 g/mol. The first-order chi connectivity index (χ1) is 11.3. The number of rotatable bonds is 4. The molecule has 1 aromatic heterocycles.